The van der Waals surface area contributed by atoms with Crippen LogP contribution in [-0.4, -0.2) is 25.2 Å². The van der Waals surface area contributed by atoms with Crippen LogP contribution in [0.3, 0.4) is 0 Å². The third kappa shape index (κ3) is 3.29. The fraction of sp³-hybridized carbons (Fsp3) is 0.455. The molecule has 0 aliphatic heterocycles. The number of carbonyl (C=O) groups excluding carboxylic acids is 1. The highest BCUT2D eigenvalue weighted by Gasteiger charge is 2.20. The number of carbonyl (C=O) groups is 1. The summed E-state index contributed by atoms with van der Waals surface area (Å²) in [5, 5.41) is 0. The molecule has 0 saturated heterocycles. The first-order valence-electron chi connectivity index (χ1n) is 5.01. The van der Waals surface area contributed by atoms with Crippen LogP contribution in [-0.2, 0) is 21.8 Å². The quantitative estimate of drug-likeness (QED) is 0.614. The maximum absolute atomic E-state index is 12.8. The zero-order chi connectivity index (χ0) is 13.7. The van der Waals surface area contributed by atoms with E-state index in [2.05, 4.69) is 9.72 Å². The maximum Gasteiger partial charge on any atom is 0.310 e. The number of halogens is 3. The number of rotatable bonds is 5. The predicted molar refractivity (Wildman–Crippen MR) is 61.0 cm³/mol. The molecule has 7 heteroatoms. The number of ether oxygens (including phenoxy) is 2. The summed E-state index contributed by atoms with van der Waals surface area (Å²) in [5.41, 5.74) is -0.0182. The lowest BCUT2D eigenvalue weighted by Crippen LogP contribution is -2.09. The average Bonchev–Trinajstić information content (AvgIpc) is 2.37. The van der Waals surface area contributed by atoms with E-state index >= 15 is 0 Å². The number of hydrogen-bond donors (Lipinski definition) is 0. The lowest BCUT2D eigenvalue weighted by Gasteiger charge is -2.12. The lowest BCUT2D eigenvalue weighted by molar-refractivity contribution is -0.139. The summed E-state index contributed by atoms with van der Waals surface area (Å²) >= 11 is 5.55. The Balaban J connectivity index is 3.22. The van der Waals surface area contributed by atoms with Crippen LogP contribution in [0.2, 0.25) is 0 Å². The lowest BCUT2D eigenvalue weighted by atomic mass is 10.1. The van der Waals surface area contributed by atoms with Gasteiger partial charge >= 0.3 is 5.97 Å². The van der Waals surface area contributed by atoms with Crippen molar-refractivity contribution in [3.05, 3.63) is 22.9 Å². The molecule has 0 N–H and O–H groups in total. The van der Waals surface area contributed by atoms with E-state index in [0.29, 0.717) is 0 Å². The fourth-order valence-corrected chi connectivity index (χ4v) is 1.63. The Morgan fingerprint density at radius 1 is 1.50 bits per heavy atom. The van der Waals surface area contributed by atoms with Crippen LogP contribution in [0.25, 0.3) is 0 Å². The molecule has 0 spiro atoms. The van der Waals surface area contributed by atoms with Gasteiger partial charge in [0, 0.05) is 11.1 Å². The summed E-state index contributed by atoms with van der Waals surface area (Å²) < 4.78 is 35.0. The van der Waals surface area contributed by atoms with Gasteiger partial charge in [0.15, 0.2) is 0 Å². The van der Waals surface area contributed by atoms with Crippen molar-refractivity contribution < 1.29 is 23.0 Å². The zero-order valence-electron chi connectivity index (χ0n) is 9.87. The number of aromatic nitrogens is 1. The van der Waals surface area contributed by atoms with Crippen LogP contribution in [0.4, 0.5) is 8.78 Å². The SMILES string of the molecule is COC(=O)Cc1cc(C(F)F)c(CCl)nc1OC. The second-order valence-corrected chi connectivity index (χ2v) is 3.65. The predicted octanol–water partition coefficient (Wildman–Crippen LogP) is 2.48. The average molecular weight is 280 g/mol. The summed E-state index contributed by atoms with van der Waals surface area (Å²) in [4.78, 5) is 15.0. The topological polar surface area (TPSA) is 48.4 Å². The van der Waals surface area contributed by atoms with E-state index in [4.69, 9.17) is 16.3 Å². The summed E-state index contributed by atoms with van der Waals surface area (Å²) in [5.74, 6) is -0.622. The molecule has 1 aromatic heterocycles. The van der Waals surface area contributed by atoms with Gasteiger partial charge in [0.25, 0.3) is 6.43 Å². The molecule has 0 bridgehead atoms. The Bertz CT molecular complexity index is 441. The monoisotopic (exact) mass is 279 g/mol. The molecule has 1 aromatic rings. The highest BCUT2D eigenvalue weighted by Crippen LogP contribution is 2.28. The molecule has 0 atom stereocenters. The molecule has 0 aromatic carbocycles. The molecule has 0 aliphatic rings. The maximum atomic E-state index is 12.8. The molecule has 4 nitrogen and oxygen atoms in total. The number of pyridine rings is 1. The largest absolute Gasteiger partial charge is 0.481 e. The molecule has 100 valence electrons. The van der Waals surface area contributed by atoms with Crippen LogP contribution in [0, 0.1) is 0 Å². The molecule has 18 heavy (non-hydrogen) atoms. The number of hydrogen-bond acceptors (Lipinski definition) is 4. The fourth-order valence-electron chi connectivity index (χ4n) is 1.42. The van der Waals surface area contributed by atoms with E-state index < -0.39 is 12.4 Å². The van der Waals surface area contributed by atoms with Crippen LogP contribution in [0.5, 0.6) is 5.88 Å². The van der Waals surface area contributed by atoms with Crippen molar-refractivity contribution in [2.24, 2.45) is 0 Å². The van der Waals surface area contributed by atoms with Crippen molar-refractivity contribution in [1.82, 2.24) is 4.98 Å². The molecule has 0 fully saturated rings. The smallest absolute Gasteiger partial charge is 0.310 e. The molecule has 0 aliphatic carbocycles. The summed E-state index contributed by atoms with van der Waals surface area (Å²) in [7, 11) is 2.55. The van der Waals surface area contributed by atoms with Gasteiger partial charge in [-0.25, -0.2) is 13.8 Å². The molecule has 0 saturated carbocycles. The highest BCUT2D eigenvalue weighted by atomic mass is 35.5. The number of nitrogens with zero attached hydrogens (tertiary/aromatic N) is 1. The van der Waals surface area contributed by atoms with Gasteiger partial charge in [-0.3, -0.25) is 4.79 Å². The molecular weight excluding hydrogens is 268 g/mol. The van der Waals surface area contributed by atoms with Gasteiger partial charge in [-0.2, -0.15) is 0 Å². The zero-order valence-corrected chi connectivity index (χ0v) is 10.6. The number of alkyl halides is 3. The summed E-state index contributed by atoms with van der Waals surface area (Å²) in [6.07, 6.45) is -2.90. The van der Waals surface area contributed by atoms with Gasteiger partial charge in [0.1, 0.15) is 0 Å². The molecule has 1 rings (SSSR count). The van der Waals surface area contributed by atoms with Gasteiger partial charge in [-0.05, 0) is 6.07 Å². The minimum absolute atomic E-state index is 0.0390. The van der Waals surface area contributed by atoms with Crippen LogP contribution >= 0.6 is 11.6 Å². The first kappa shape index (κ1) is 14.6. The van der Waals surface area contributed by atoms with Gasteiger partial charge < -0.3 is 9.47 Å². The Morgan fingerprint density at radius 3 is 2.61 bits per heavy atom. The third-order valence-electron chi connectivity index (χ3n) is 2.29. The second-order valence-electron chi connectivity index (χ2n) is 3.38. The van der Waals surface area contributed by atoms with E-state index in [1.165, 1.54) is 20.3 Å². The van der Waals surface area contributed by atoms with Crippen molar-refractivity contribution in [2.75, 3.05) is 14.2 Å². The summed E-state index contributed by atoms with van der Waals surface area (Å²) in [6, 6.07) is 1.17. The minimum Gasteiger partial charge on any atom is -0.481 e. The Hall–Kier alpha value is -1.43. The molecular formula is C11H12ClF2NO3. The van der Waals surface area contributed by atoms with Gasteiger partial charge in [0.05, 0.1) is 32.2 Å². The Morgan fingerprint density at radius 2 is 2.17 bits per heavy atom. The van der Waals surface area contributed by atoms with Crippen LogP contribution < -0.4 is 4.74 Å². The summed E-state index contributed by atoms with van der Waals surface area (Å²) in [6.45, 7) is 0. The van der Waals surface area contributed by atoms with Crippen molar-refractivity contribution in [1.29, 1.82) is 0 Å². The van der Waals surface area contributed by atoms with Gasteiger partial charge in [-0.1, -0.05) is 0 Å². The van der Waals surface area contributed by atoms with Crippen molar-refractivity contribution in [3.63, 3.8) is 0 Å². The Kier molecular flexibility index (Phi) is 5.27. The molecule has 0 unspecified atom stereocenters. The molecule has 0 radical (unpaired) electrons. The van der Waals surface area contributed by atoms with Gasteiger partial charge in [-0.15, -0.1) is 11.6 Å². The van der Waals surface area contributed by atoms with Crippen molar-refractivity contribution in [2.45, 2.75) is 18.7 Å². The van der Waals surface area contributed by atoms with Gasteiger partial charge in [0.2, 0.25) is 5.88 Å². The van der Waals surface area contributed by atoms with Crippen molar-refractivity contribution >= 4 is 17.6 Å². The van der Waals surface area contributed by atoms with E-state index in [-0.39, 0.29) is 35.0 Å². The second kappa shape index (κ2) is 6.49. The normalized spacial score (nSPS) is 10.6. The number of methoxy groups -OCH3 is 2. The third-order valence-corrected chi connectivity index (χ3v) is 2.54. The highest BCUT2D eigenvalue weighted by molar-refractivity contribution is 6.17. The Labute approximate surface area is 108 Å². The van der Waals surface area contributed by atoms with Crippen molar-refractivity contribution in [3.8, 4) is 5.88 Å². The van der Waals surface area contributed by atoms with E-state index in [9.17, 15) is 13.6 Å². The van der Waals surface area contributed by atoms with E-state index in [0.717, 1.165) is 0 Å². The molecule has 0 amide bonds. The van der Waals surface area contributed by atoms with E-state index in [1.807, 2.05) is 0 Å². The first-order chi connectivity index (χ1) is 8.53. The molecule has 1 heterocycles. The van der Waals surface area contributed by atoms with E-state index in [1.54, 1.807) is 0 Å². The number of esters is 1. The standard InChI is InChI=1S/C11H12ClF2NO3/c1-17-9(16)4-6-3-7(10(13)14)8(5-12)15-11(6)18-2/h3,10H,4-5H2,1-2H3. The van der Waals surface area contributed by atoms with Crippen LogP contribution in [0.15, 0.2) is 6.07 Å². The minimum atomic E-state index is -2.71. The first-order valence-corrected chi connectivity index (χ1v) is 5.54. The van der Waals surface area contributed by atoms with Crippen LogP contribution in [0.1, 0.15) is 23.2 Å².